The Labute approximate surface area is 101 Å². The molecule has 0 amide bonds. The van der Waals surface area contributed by atoms with Crippen molar-refractivity contribution in [2.45, 2.75) is 26.4 Å². The van der Waals surface area contributed by atoms with Gasteiger partial charge in [0.15, 0.2) is 6.10 Å². The summed E-state index contributed by atoms with van der Waals surface area (Å²) in [6, 6.07) is 0. The number of carboxylic acid groups (broad SMARTS) is 1. The summed E-state index contributed by atoms with van der Waals surface area (Å²) in [5, 5.41) is 17.9. The van der Waals surface area contributed by atoms with Crippen molar-refractivity contribution in [2.75, 3.05) is 18.9 Å². The summed E-state index contributed by atoms with van der Waals surface area (Å²) < 4.78 is 27.3. The van der Waals surface area contributed by atoms with Gasteiger partial charge in [0.1, 0.15) is 0 Å². The third kappa shape index (κ3) is 5.97. The van der Waals surface area contributed by atoms with Gasteiger partial charge in [-0.25, -0.2) is 4.79 Å². The zero-order valence-electron chi connectivity index (χ0n) is 9.92. The highest BCUT2D eigenvalue weighted by molar-refractivity contribution is 7.86. The van der Waals surface area contributed by atoms with Gasteiger partial charge >= 0.3 is 5.97 Å². The molecule has 0 aromatic rings. The minimum Gasteiger partial charge on any atom is -0.479 e. The van der Waals surface area contributed by atoms with Crippen molar-refractivity contribution >= 4 is 16.1 Å². The van der Waals surface area contributed by atoms with Crippen LogP contribution in [-0.4, -0.2) is 49.6 Å². The van der Waals surface area contributed by atoms with E-state index in [2.05, 4.69) is 4.18 Å². The van der Waals surface area contributed by atoms with Gasteiger partial charge in [0.25, 0.3) is 10.1 Å². The van der Waals surface area contributed by atoms with Crippen molar-refractivity contribution in [1.82, 2.24) is 0 Å². The topological polar surface area (TPSA) is 127 Å². The molecule has 0 fully saturated rings. The Morgan fingerprint density at radius 2 is 2.00 bits per heavy atom. The Hall–Kier alpha value is -0.700. The number of rotatable bonds is 8. The first-order valence-corrected chi connectivity index (χ1v) is 6.68. The summed E-state index contributed by atoms with van der Waals surface area (Å²) >= 11 is 0. The molecular weight excluding hydrogens is 250 g/mol. The lowest BCUT2D eigenvalue weighted by molar-refractivity contribution is -0.154. The fourth-order valence-corrected chi connectivity index (χ4v) is 2.10. The van der Waals surface area contributed by atoms with Crippen molar-refractivity contribution in [2.24, 2.45) is 11.1 Å². The van der Waals surface area contributed by atoms with Crippen LogP contribution in [0.25, 0.3) is 0 Å². The number of aliphatic hydroxyl groups excluding tert-OH is 1. The van der Waals surface area contributed by atoms with Crippen molar-refractivity contribution in [3.63, 3.8) is 0 Å². The predicted octanol–water partition coefficient (Wildman–Crippen LogP) is -0.847. The molecule has 1 atom stereocenters. The molecule has 7 nitrogen and oxygen atoms in total. The number of carbonyl (C=O) groups is 1. The minimum atomic E-state index is -3.72. The molecule has 0 aliphatic rings. The Balaban J connectivity index is 4.40. The molecule has 8 heteroatoms. The summed E-state index contributed by atoms with van der Waals surface area (Å²) in [5.74, 6) is -1.64. The van der Waals surface area contributed by atoms with Crippen LogP contribution < -0.4 is 5.73 Å². The highest BCUT2D eigenvalue weighted by Crippen LogP contribution is 2.22. The first-order chi connectivity index (χ1) is 7.62. The Morgan fingerprint density at radius 1 is 1.47 bits per heavy atom. The molecule has 0 unspecified atom stereocenters. The fourth-order valence-electron chi connectivity index (χ4n) is 0.974. The molecule has 0 radical (unpaired) electrons. The lowest BCUT2D eigenvalue weighted by atomic mass is 9.88. The van der Waals surface area contributed by atoms with Crippen molar-refractivity contribution < 1.29 is 27.6 Å². The summed E-state index contributed by atoms with van der Waals surface area (Å²) in [6.45, 7) is 2.64. The molecular formula is C9H19NO6S. The highest BCUT2D eigenvalue weighted by Gasteiger charge is 2.35. The van der Waals surface area contributed by atoms with E-state index in [1.54, 1.807) is 0 Å². The van der Waals surface area contributed by atoms with E-state index in [0.717, 1.165) is 0 Å². The van der Waals surface area contributed by atoms with Crippen molar-refractivity contribution in [3.05, 3.63) is 0 Å². The van der Waals surface area contributed by atoms with Gasteiger partial charge in [-0.05, 0) is 13.0 Å². The van der Waals surface area contributed by atoms with Crippen LogP contribution in [-0.2, 0) is 19.1 Å². The molecule has 0 heterocycles. The molecule has 0 bridgehead atoms. The number of aliphatic carboxylic acids is 1. The van der Waals surface area contributed by atoms with E-state index >= 15 is 0 Å². The van der Waals surface area contributed by atoms with Crippen LogP contribution >= 0.6 is 0 Å². The third-order valence-electron chi connectivity index (χ3n) is 2.18. The highest BCUT2D eigenvalue weighted by atomic mass is 32.2. The molecule has 0 saturated carbocycles. The van der Waals surface area contributed by atoms with Crippen molar-refractivity contribution in [1.29, 1.82) is 0 Å². The molecule has 17 heavy (non-hydrogen) atoms. The van der Waals surface area contributed by atoms with Crippen molar-refractivity contribution in [3.8, 4) is 0 Å². The van der Waals surface area contributed by atoms with Gasteiger partial charge in [-0.2, -0.15) is 8.42 Å². The molecule has 0 aliphatic heterocycles. The summed E-state index contributed by atoms with van der Waals surface area (Å²) in [5.41, 5.74) is 3.98. The minimum absolute atomic E-state index is 0.219. The van der Waals surface area contributed by atoms with E-state index in [-0.39, 0.29) is 18.7 Å². The second-order valence-corrected chi connectivity index (χ2v) is 6.15. The number of carboxylic acids is 1. The quantitative estimate of drug-likeness (QED) is 0.490. The van der Waals surface area contributed by atoms with Crippen LogP contribution in [0.3, 0.4) is 0 Å². The van der Waals surface area contributed by atoms with Gasteiger partial charge in [0.05, 0.1) is 12.4 Å². The normalized spacial score (nSPS) is 14.6. The average Bonchev–Trinajstić information content (AvgIpc) is 2.23. The fraction of sp³-hybridized carbons (Fsp3) is 0.889. The number of hydrogen-bond donors (Lipinski definition) is 3. The molecule has 102 valence electrons. The van der Waals surface area contributed by atoms with E-state index < -0.39 is 34.2 Å². The van der Waals surface area contributed by atoms with Gasteiger partial charge in [-0.3, -0.25) is 4.18 Å². The molecule has 0 aromatic carbocycles. The van der Waals surface area contributed by atoms with Crippen LogP contribution in [0.5, 0.6) is 0 Å². The SMILES string of the molecule is CC(C)(COS(=O)(=O)CCCN)[C@@H](O)C(=O)O. The number of hydrogen-bond acceptors (Lipinski definition) is 6. The lowest BCUT2D eigenvalue weighted by Crippen LogP contribution is -2.40. The molecule has 0 aromatic heterocycles. The summed E-state index contributed by atoms with van der Waals surface area (Å²) in [4.78, 5) is 10.6. The average molecular weight is 269 g/mol. The van der Waals surface area contributed by atoms with Gasteiger partial charge in [0.2, 0.25) is 0 Å². The number of nitrogens with two attached hydrogens (primary N) is 1. The van der Waals surface area contributed by atoms with Gasteiger partial charge in [-0.15, -0.1) is 0 Å². The van der Waals surface area contributed by atoms with Crippen LogP contribution in [0.15, 0.2) is 0 Å². The van der Waals surface area contributed by atoms with Crippen LogP contribution in [0.1, 0.15) is 20.3 Å². The van der Waals surface area contributed by atoms with Gasteiger partial charge < -0.3 is 15.9 Å². The maximum Gasteiger partial charge on any atom is 0.333 e. The van der Waals surface area contributed by atoms with E-state index in [1.807, 2.05) is 0 Å². The Kier molecular flexibility index (Phi) is 6.03. The maximum atomic E-state index is 11.3. The number of aliphatic hydroxyl groups is 1. The van der Waals surface area contributed by atoms with Crippen LogP contribution in [0.2, 0.25) is 0 Å². The maximum absolute atomic E-state index is 11.3. The standard InChI is InChI=1S/C9H19NO6S/c1-9(2,7(11)8(12)13)6-16-17(14,15)5-3-4-10/h7,11H,3-6,10H2,1-2H3,(H,12,13)/t7-/m0/s1. The van der Waals surface area contributed by atoms with Crippen LogP contribution in [0.4, 0.5) is 0 Å². The lowest BCUT2D eigenvalue weighted by Gasteiger charge is -2.26. The first-order valence-electron chi connectivity index (χ1n) is 5.10. The zero-order valence-corrected chi connectivity index (χ0v) is 10.7. The molecule has 0 saturated heterocycles. The molecule has 0 aliphatic carbocycles. The Morgan fingerprint density at radius 3 is 2.41 bits per heavy atom. The first kappa shape index (κ1) is 16.3. The molecule has 4 N–H and O–H groups in total. The second-order valence-electron chi connectivity index (χ2n) is 4.40. The van der Waals surface area contributed by atoms with Crippen LogP contribution in [0, 0.1) is 5.41 Å². The smallest absolute Gasteiger partial charge is 0.333 e. The van der Waals surface area contributed by atoms with E-state index in [4.69, 9.17) is 10.8 Å². The zero-order chi connectivity index (χ0) is 13.7. The molecule has 0 rings (SSSR count). The Bertz CT molecular complexity index is 350. The van der Waals surface area contributed by atoms with E-state index in [9.17, 15) is 18.3 Å². The summed E-state index contributed by atoms with van der Waals surface area (Å²) in [7, 11) is -3.72. The monoisotopic (exact) mass is 269 g/mol. The largest absolute Gasteiger partial charge is 0.479 e. The summed E-state index contributed by atoms with van der Waals surface area (Å²) in [6.07, 6.45) is -1.42. The van der Waals surface area contributed by atoms with Gasteiger partial charge in [-0.1, -0.05) is 13.8 Å². The molecule has 0 spiro atoms. The van der Waals surface area contributed by atoms with E-state index in [1.165, 1.54) is 13.8 Å². The predicted molar refractivity (Wildman–Crippen MR) is 60.8 cm³/mol. The van der Waals surface area contributed by atoms with Gasteiger partial charge in [0, 0.05) is 5.41 Å². The third-order valence-corrected chi connectivity index (χ3v) is 3.45. The van der Waals surface area contributed by atoms with E-state index in [0.29, 0.717) is 0 Å². The second kappa shape index (κ2) is 6.29.